The van der Waals surface area contributed by atoms with E-state index in [0.29, 0.717) is 0 Å². The molecule has 1 rings (SSSR count). The summed E-state index contributed by atoms with van der Waals surface area (Å²) in [5, 5.41) is 0. The van der Waals surface area contributed by atoms with E-state index in [1.807, 2.05) is 38.1 Å². The third-order valence-electron chi connectivity index (χ3n) is 1.88. The van der Waals surface area contributed by atoms with Crippen molar-refractivity contribution in [1.82, 2.24) is 0 Å². The number of hydrogen-bond acceptors (Lipinski definition) is 1. The highest BCUT2D eigenvalue weighted by Crippen LogP contribution is 2.16. The van der Waals surface area contributed by atoms with Gasteiger partial charge in [0, 0.05) is 5.92 Å². The number of aldehydes is 1. The summed E-state index contributed by atoms with van der Waals surface area (Å²) in [5.41, 5.74) is 2.31. The molecular formula is C10H12O. The van der Waals surface area contributed by atoms with Crippen LogP contribution in [0, 0.1) is 6.92 Å². The molecule has 0 saturated heterocycles. The average Bonchev–Trinajstić information content (AvgIpc) is 2.04. The van der Waals surface area contributed by atoms with Crippen molar-refractivity contribution in [1.29, 1.82) is 0 Å². The van der Waals surface area contributed by atoms with Crippen molar-refractivity contribution in [2.24, 2.45) is 0 Å². The Bertz CT molecular complexity index is 253. The van der Waals surface area contributed by atoms with Gasteiger partial charge in [0.15, 0.2) is 0 Å². The topological polar surface area (TPSA) is 17.1 Å². The number of carbonyl (C=O) groups is 1. The molecule has 1 aromatic rings. The van der Waals surface area contributed by atoms with Crippen LogP contribution >= 0.6 is 0 Å². The maximum Gasteiger partial charge on any atom is 0.127 e. The van der Waals surface area contributed by atoms with Gasteiger partial charge in [-0.1, -0.05) is 31.2 Å². The average molecular weight is 148 g/mol. The maximum atomic E-state index is 10.5. The van der Waals surface area contributed by atoms with Crippen LogP contribution in [0.15, 0.2) is 24.3 Å². The molecule has 1 nitrogen and oxygen atoms in total. The molecule has 1 unspecified atom stereocenters. The summed E-state index contributed by atoms with van der Waals surface area (Å²) in [6.07, 6.45) is 0.975. The molecule has 11 heavy (non-hydrogen) atoms. The van der Waals surface area contributed by atoms with E-state index in [1.54, 1.807) is 0 Å². The number of aryl methyl sites for hydroxylation is 1. The van der Waals surface area contributed by atoms with Crippen molar-refractivity contribution in [3.63, 3.8) is 0 Å². The van der Waals surface area contributed by atoms with Gasteiger partial charge in [-0.2, -0.15) is 0 Å². The SMILES string of the molecule is Cc1ccccc1C(C)C=O. The lowest BCUT2D eigenvalue weighted by Gasteiger charge is -2.06. The molecule has 0 fully saturated rings. The van der Waals surface area contributed by atoms with Gasteiger partial charge in [-0.25, -0.2) is 0 Å². The van der Waals surface area contributed by atoms with Crippen LogP contribution in [0.5, 0.6) is 0 Å². The van der Waals surface area contributed by atoms with Crippen LogP contribution in [0.3, 0.4) is 0 Å². The van der Waals surface area contributed by atoms with Gasteiger partial charge >= 0.3 is 0 Å². The Hall–Kier alpha value is -1.11. The van der Waals surface area contributed by atoms with Gasteiger partial charge in [-0.3, -0.25) is 0 Å². The first-order valence-electron chi connectivity index (χ1n) is 3.76. The molecule has 1 atom stereocenters. The van der Waals surface area contributed by atoms with Crippen molar-refractivity contribution in [3.8, 4) is 0 Å². The van der Waals surface area contributed by atoms with Gasteiger partial charge < -0.3 is 4.79 Å². The minimum absolute atomic E-state index is 0.0243. The van der Waals surface area contributed by atoms with Gasteiger partial charge in [0.2, 0.25) is 0 Å². The van der Waals surface area contributed by atoms with Crippen LogP contribution in [0.2, 0.25) is 0 Å². The van der Waals surface area contributed by atoms with E-state index in [9.17, 15) is 4.79 Å². The second-order valence-corrected chi connectivity index (χ2v) is 2.78. The zero-order valence-corrected chi connectivity index (χ0v) is 6.87. The normalized spacial score (nSPS) is 12.5. The van der Waals surface area contributed by atoms with Gasteiger partial charge in [-0.15, -0.1) is 0 Å². The zero-order valence-electron chi connectivity index (χ0n) is 6.87. The van der Waals surface area contributed by atoms with Crippen molar-refractivity contribution in [2.45, 2.75) is 19.8 Å². The van der Waals surface area contributed by atoms with Crippen LogP contribution < -0.4 is 0 Å². The fourth-order valence-electron chi connectivity index (χ4n) is 1.17. The Morgan fingerprint density at radius 2 is 2.00 bits per heavy atom. The Balaban J connectivity index is 3.02. The lowest BCUT2D eigenvalue weighted by atomic mass is 9.98. The predicted molar refractivity (Wildman–Crippen MR) is 45.7 cm³/mol. The van der Waals surface area contributed by atoms with Crippen molar-refractivity contribution >= 4 is 6.29 Å². The van der Waals surface area contributed by atoms with Crippen molar-refractivity contribution in [3.05, 3.63) is 35.4 Å². The molecule has 0 N–H and O–H groups in total. The summed E-state index contributed by atoms with van der Waals surface area (Å²) in [6, 6.07) is 7.96. The largest absolute Gasteiger partial charge is 0.303 e. The van der Waals surface area contributed by atoms with E-state index in [0.717, 1.165) is 11.8 Å². The molecule has 0 saturated carbocycles. The van der Waals surface area contributed by atoms with Gasteiger partial charge in [0.05, 0.1) is 0 Å². The molecular weight excluding hydrogens is 136 g/mol. The van der Waals surface area contributed by atoms with Crippen LogP contribution in [0.1, 0.15) is 24.0 Å². The molecule has 0 aliphatic rings. The molecule has 0 aliphatic carbocycles. The second-order valence-electron chi connectivity index (χ2n) is 2.78. The molecule has 0 spiro atoms. The first-order valence-corrected chi connectivity index (χ1v) is 3.76. The lowest BCUT2D eigenvalue weighted by Crippen LogP contribution is -1.96. The van der Waals surface area contributed by atoms with Gasteiger partial charge in [-0.05, 0) is 18.1 Å². The number of benzene rings is 1. The quantitative estimate of drug-likeness (QED) is 0.588. The first kappa shape index (κ1) is 7.99. The van der Waals surface area contributed by atoms with Gasteiger partial charge in [0.25, 0.3) is 0 Å². The monoisotopic (exact) mass is 148 g/mol. The highest BCUT2D eigenvalue weighted by atomic mass is 16.1. The molecule has 1 aromatic carbocycles. The fourth-order valence-corrected chi connectivity index (χ4v) is 1.17. The van der Waals surface area contributed by atoms with E-state index < -0.39 is 0 Å². The Labute approximate surface area is 67.1 Å². The maximum absolute atomic E-state index is 10.5. The van der Waals surface area contributed by atoms with Crippen molar-refractivity contribution in [2.75, 3.05) is 0 Å². The highest BCUT2D eigenvalue weighted by Gasteiger charge is 2.04. The van der Waals surface area contributed by atoms with Crippen molar-refractivity contribution < 1.29 is 4.79 Å². The zero-order chi connectivity index (χ0) is 8.27. The Morgan fingerprint density at radius 3 is 2.55 bits per heavy atom. The smallest absolute Gasteiger partial charge is 0.127 e. The minimum atomic E-state index is 0.0243. The fraction of sp³-hybridized carbons (Fsp3) is 0.300. The Kier molecular flexibility index (Phi) is 2.42. The summed E-state index contributed by atoms with van der Waals surface area (Å²) < 4.78 is 0. The predicted octanol–water partition coefficient (Wildman–Crippen LogP) is 2.30. The molecule has 0 radical (unpaired) electrons. The first-order chi connectivity index (χ1) is 5.25. The molecule has 0 aliphatic heterocycles. The minimum Gasteiger partial charge on any atom is -0.303 e. The summed E-state index contributed by atoms with van der Waals surface area (Å²) in [7, 11) is 0. The van der Waals surface area contributed by atoms with Gasteiger partial charge in [0.1, 0.15) is 6.29 Å². The molecule has 1 heteroatoms. The highest BCUT2D eigenvalue weighted by molar-refractivity contribution is 5.62. The standard InChI is InChI=1S/C10H12O/c1-8-5-3-4-6-10(8)9(2)7-11/h3-7,9H,1-2H3. The third-order valence-corrected chi connectivity index (χ3v) is 1.88. The van der Waals surface area contributed by atoms with E-state index >= 15 is 0 Å². The summed E-state index contributed by atoms with van der Waals surface area (Å²) >= 11 is 0. The van der Waals surface area contributed by atoms with E-state index in [2.05, 4.69) is 0 Å². The number of hydrogen-bond donors (Lipinski definition) is 0. The van der Waals surface area contributed by atoms with E-state index in [4.69, 9.17) is 0 Å². The van der Waals surface area contributed by atoms with E-state index in [-0.39, 0.29) is 5.92 Å². The molecule has 0 bridgehead atoms. The third kappa shape index (κ3) is 1.67. The Morgan fingerprint density at radius 1 is 1.36 bits per heavy atom. The summed E-state index contributed by atoms with van der Waals surface area (Å²) in [4.78, 5) is 10.5. The summed E-state index contributed by atoms with van der Waals surface area (Å²) in [6.45, 7) is 3.94. The van der Waals surface area contributed by atoms with Crippen LogP contribution in [0.4, 0.5) is 0 Å². The molecule has 58 valence electrons. The van der Waals surface area contributed by atoms with Crippen LogP contribution in [-0.2, 0) is 4.79 Å². The second kappa shape index (κ2) is 3.33. The number of rotatable bonds is 2. The molecule has 0 aromatic heterocycles. The lowest BCUT2D eigenvalue weighted by molar-refractivity contribution is -0.108. The van der Waals surface area contributed by atoms with E-state index in [1.165, 1.54) is 5.56 Å². The summed E-state index contributed by atoms with van der Waals surface area (Å²) in [5.74, 6) is 0.0243. The number of carbonyl (C=O) groups excluding carboxylic acids is 1. The van der Waals surface area contributed by atoms with Crippen LogP contribution in [-0.4, -0.2) is 6.29 Å². The molecule has 0 heterocycles. The van der Waals surface area contributed by atoms with Crippen LogP contribution in [0.25, 0.3) is 0 Å². The molecule has 0 amide bonds.